The summed E-state index contributed by atoms with van der Waals surface area (Å²) in [5.41, 5.74) is 7.63. The molecule has 0 bridgehead atoms. The van der Waals surface area contributed by atoms with E-state index < -0.39 is 0 Å². The summed E-state index contributed by atoms with van der Waals surface area (Å²) < 4.78 is 5.30. The molecule has 104 valence electrons. The summed E-state index contributed by atoms with van der Waals surface area (Å²) >= 11 is 1.97. The summed E-state index contributed by atoms with van der Waals surface area (Å²) in [6, 6.07) is 6.19. The molecule has 2 N–H and O–H groups in total. The zero-order chi connectivity index (χ0) is 14.1. The molecule has 0 aliphatic carbocycles. The molecule has 0 saturated heterocycles. The Morgan fingerprint density at radius 2 is 2.16 bits per heavy atom. The standard InChI is InChI=1S/C16H23NOS/c1-13(2)8-10-19-12-14-6-7-16(18-3)15(11-14)5-4-9-17/h6-7,11,13H,8-10,12,17H2,1-3H3. The zero-order valence-electron chi connectivity index (χ0n) is 12.0. The van der Waals surface area contributed by atoms with E-state index in [4.69, 9.17) is 10.5 Å². The maximum absolute atomic E-state index is 5.41. The molecule has 0 atom stereocenters. The van der Waals surface area contributed by atoms with E-state index in [-0.39, 0.29) is 0 Å². The number of rotatable bonds is 6. The van der Waals surface area contributed by atoms with Crippen LogP contribution in [0.25, 0.3) is 0 Å². The molecule has 0 amide bonds. The van der Waals surface area contributed by atoms with E-state index >= 15 is 0 Å². The summed E-state index contributed by atoms with van der Waals surface area (Å²) in [7, 11) is 1.67. The molecule has 1 aromatic carbocycles. The van der Waals surface area contributed by atoms with Crippen molar-refractivity contribution in [1.82, 2.24) is 0 Å². The largest absolute Gasteiger partial charge is 0.495 e. The van der Waals surface area contributed by atoms with Crippen molar-refractivity contribution in [2.24, 2.45) is 11.7 Å². The van der Waals surface area contributed by atoms with Gasteiger partial charge in [0.15, 0.2) is 0 Å². The molecule has 0 spiro atoms. The van der Waals surface area contributed by atoms with Crippen LogP contribution in [0.15, 0.2) is 18.2 Å². The molecular weight excluding hydrogens is 254 g/mol. The molecule has 0 heterocycles. The first kappa shape index (κ1) is 15.9. The molecule has 0 fully saturated rings. The van der Waals surface area contributed by atoms with Gasteiger partial charge in [-0.2, -0.15) is 11.8 Å². The van der Waals surface area contributed by atoms with Crippen molar-refractivity contribution in [2.75, 3.05) is 19.4 Å². The fourth-order valence-corrected chi connectivity index (χ4v) is 2.80. The van der Waals surface area contributed by atoms with E-state index in [0.717, 1.165) is 23.0 Å². The van der Waals surface area contributed by atoms with Crippen LogP contribution in [0.2, 0.25) is 0 Å². The van der Waals surface area contributed by atoms with Gasteiger partial charge < -0.3 is 10.5 Å². The van der Waals surface area contributed by atoms with Crippen LogP contribution in [0.3, 0.4) is 0 Å². The van der Waals surface area contributed by atoms with Crippen LogP contribution in [0.5, 0.6) is 5.75 Å². The Hall–Kier alpha value is -1.11. The summed E-state index contributed by atoms with van der Waals surface area (Å²) in [5.74, 6) is 9.76. The van der Waals surface area contributed by atoms with E-state index in [1.54, 1.807) is 7.11 Å². The number of thioether (sulfide) groups is 1. The molecule has 0 saturated carbocycles. The lowest BCUT2D eigenvalue weighted by atomic mass is 10.1. The Bertz CT molecular complexity index is 446. The third-order valence-electron chi connectivity index (χ3n) is 2.70. The molecule has 0 aliphatic heterocycles. The van der Waals surface area contributed by atoms with Crippen molar-refractivity contribution < 1.29 is 4.74 Å². The van der Waals surface area contributed by atoms with Crippen LogP contribution in [0.4, 0.5) is 0 Å². The van der Waals surface area contributed by atoms with Gasteiger partial charge in [0.1, 0.15) is 5.75 Å². The molecule has 19 heavy (non-hydrogen) atoms. The minimum absolute atomic E-state index is 0.372. The predicted molar refractivity (Wildman–Crippen MR) is 84.5 cm³/mol. The Balaban J connectivity index is 2.64. The SMILES string of the molecule is COc1ccc(CSCCC(C)C)cc1C#CCN. The maximum Gasteiger partial charge on any atom is 0.134 e. The maximum atomic E-state index is 5.41. The second kappa shape index (κ2) is 8.90. The van der Waals surface area contributed by atoms with Gasteiger partial charge in [0, 0.05) is 5.75 Å². The van der Waals surface area contributed by atoms with E-state index in [2.05, 4.69) is 37.8 Å². The lowest BCUT2D eigenvalue weighted by molar-refractivity contribution is 0.413. The van der Waals surface area contributed by atoms with Gasteiger partial charge in [-0.3, -0.25) is 0 Å². The lowest BCUT2D eigenvalue weighted by Gasteiger charge is -2.07. The molecular formula is C16H23NOS. The van der Waals surface area contributed by atoms with Crippen LogP contribution in [-0.4, -0.2) is 19.4 Å². The van der Waals surface area contributed by atoms with Gasteiger partial charge >= 0.3 is 0 Å². The van der Waals surface area contributed by atoms with Crippen molar-refractivity contribution in [1.29, 1.82) is 0 Å². The topological polar surface area (TPSA) is 35.2 Å². The predicted octanol–water partition coefficient (Wildman–Crippen LogP) is 3.28. The lowest BCUT2D eigenvalue weighted by Crippen LogP contribution is -1.95. The smallest absolute Gasteiger partial charge is 0.134 e. The van der Waals surface area contributed by atoms with Crippen LogP contribution < -0.4 is 10.5 Å². The number of methoxy groups -OCH3 is 1. The molecule has 1 rings (SSSR count). The van der Waals surface area contributed by atoms with Crippen LogP contribution in [0.1, 0.15) is 31.4 Å². The van der Waals surface area contributed by atoms with Crippen molar-refractivity contribution in [2.45, 2.75) is 26.0 Å². The van der Waals surface area contributed by atoms with Gasteiger partial charge in [0.05, 0.1) is 19.2 Å². The van der Waals surface area contributed by atoms with Gasteiger partial charge in [-0.25, -0.2) is 0 Å². The minimum atomic E-state index is 0.372. The second-order valence-electron chi connectivity index (χ2n) is 4.78. The number of hydrogen-bond donors (Lipinski definition) is 1. The number of hydrogen-bond acceptors (Lipinski definition) is 3. The monoisotopic (exact) mass is 277 g/mol. The fourth-order valence-electron chi connectivity index (χ4n) is 1.60. The summed E-state index contributed by atoms with van der Waals surface area (Å²) in [4.78, 5) is 0. The van der Waals surface area contributed by atoms with E-state index in [9.17, 15) is 0 Å². The van der Waals surface area contributed by atoms with Crippen LogP contribution in [-0.2, 0) is 5.75 Å². The van der Waals surface area contributed by atoms with Gasteiger partial charge in [0.2, 0.25) is 0 Å². The first-order valence-corrected chi connectivity index (χ1v) is 7.76. The van der Waals surface area contributed by atoms with Crippen molar-refractivity contribution >= 4 is 11.8 Å². The first-order valence-electron chi connectivity index (χ1n) is 6.61. The minimum Gasteiger partial charge on any atom is -0.495 e. The average molecular weight is 277 g/mol. The molecule has 1 aromatic rings. The highest BCUT2D eigenvalue weighted by atomic mass is 32.2. The Morgan fingerprint density at radius 1 is 1.37 bits per heavy atom. The number of nitrogens with two attached hydrogens (primary N) is 1. The summed E-state index contributed by atoms with van der Waals surface area (Å²) in [5, 5.41) is 0. The number of ether oxygens (including phenoxy) is 1. The second-order valence-corrected chi connectivity index (χ2v) is 5.88. The third kappa shape index (κ3) is 6.04. The Labute approximate surface area is 121 Å². The number of benzene rings is 1. The van der Waals surface area contributed by atoms with Gasteiger partial charge in [-0.15, -0.1) is 0 Å². The van der Waals surface area contributed by atoms with E-state index in [1.165, 1.54) is 17.7 Å². The highest BCUT2D eigenvalue weighted by Crippen LogP contribution is 2.22. The fraction of sp³-hybridized carbons (Fsp3) is 0.500. The molecule has 0 aromatic heterocycles. The molecule has 0 aliphatic rings. The van der Waals surface area contributed by atoms with Gasteiger partial charge in [-0.1, -0.05) is 31.8 Å². The molecule has 3 heteroatoms. The highest BCUT2D eigenvalue weighted by molar-refractivity contribution is 7.98. The summed E-state index contributed by atoms with van der Waals surface area (Å²) in [6.07, 6.45) is 1.26. The van der Waals surface area contributed by atoms with Gasteiger partial charge in [-0.05, 0) is 35.8 Å². The quantitative estimate of drug-likeness (QED) is 0.640. The van der Waals surface area contributed by atoms with Crippen molar-refractivity contribution in [3.63, 3.8) is 0 Å². The van der Waals surface area contributed by atoms with Crippen LogP contribution >= 0.6 is 11.8 Å². The van der Waals surface area contributed by atoms with E-state index in [0.29, 0.717) is 6.54 Å². The first-order chi connectivity index (χ1) is 9.17. The van der Waals surface area contributed by atoms with Crippen molar-refractivity contribution in [3.05, 3.63) is 29.3 Å². The molecule has 2 nitrogen and oxygen atoms in total. The zero-order valence-corrected chi connectivity index (χ0v) is 12.8. The third-order valence-corrected chi connectivity index (χ3v) is 3.76. The molecule has 0 unspecified atom stereocenters. The Morgan fingerprint density at radius 3 is 2.79 bits per heavy atom. The highest BCUT2D eigenvalue weighted by Gasteiger charge is 2.03. The Kier molecular flexibility index (Phi) is 7.47. The molecule has 0 radical (unpaired) electrons. The van der Waals surface area contributed by atoms with Crippen LogP contribution in [0, 0.1) is 17.8 Å². The van der Waals surface area contributed by atoms with Crippen molar-refractivity contribution in [3.8, 4) is 17.6 Å². The average Bonchev–Trinajstić information content (AvgIpc) is 2.41. The summed E-state index contributed by atoms with van der Waals surface area (Å²) in [6.45, 7) is 4.89. The normalized spacial score (nSPS) is 10.2. The van der Waals surface area contributed by atoms with E-state index in [1.807, 2.05) is 17.8 Å². The van der Waals surface area contributed by atoms with Gasteiger partial charge in [0.25, 0.3) is 0 Å².